The molecule has 17 unspecified atom stereocenters. The van der Waals surface area contributed by atoms with Gasteiger partial charge in [-0.1, -0.05) is 48.5 Å². The van der Waals surface area contributed by atoms with Gasteiger partial charge in [-0.25, -0.2) is 0 Å². The van der Waals surface area contributed by atoms with E-state index >= 15 is 0 Å². The second-order valence-electron chi connectivity index (χ2n) is 30.4. The van der Waals surface area contributed by atoms with Crippen LogP contribution in [0.15, 0.2) is 0 Å². The Bertz CT molecular complexity index is 1850. The maximum absolute atomic E-state index is 7.56. The third-order valence-corrected chi connectivity index (χ3v) is 24.2. The van der Waals surface area contributed by atoms with E-state index in [9.17, 15) is 0 Å². The first kappa shape index (κ1) is 57.9. The van der Waals surface area contributed by atoms with Gasteiger partial charge < -0.3 is 56.8 Å². The van der Waals surface area contributed by atoms with E-state index in [1.807, 2.05) is 0 Å². The first-order chi connectivity index (χ1) is 37.7. The topological polar surface area (TPSA) is 131 Å². The van der Waals surface area contributed by atoms with Gasteiger partial charge in [0.15, 0.2) is 0 Å². The van der Waals surface area contributed by atoms with Gasteiger partial charge in [0, 0.05) is 0 Å². The molecule has 12 heteroatoms. The Balaban J connectivity index is 0.805. The fourth-order valence-corrected chi connectivity index (χ4v) is 18.1. The molecule has 6 heterocycles. The normalized spacial score (nSPS) is 45.7. The lowest BCUT2D eigenvalue weighted by Gasteiger charge is -2.54. The highest BCUT2D eigenvalue weighted by atomic mass is 16.6. The molecule has 446 valence electrons. The smallest absolute Gasteiger partial charge is 0.104 e. The Hall–Kier alpha value is -0.480. The third-order valence-electron chi connectivity index (χ3n) is 24.2. The number of hydrogen-bond donors (Lipinski definition) is 0. The zero-order chi connectivity index (χ0) is 53.6. The minimum Gasteiger partial charge on any atom is -0.375 e. The molecule has 6 saturated heterocycles. The van der Waals surface area contributed by atoms with E-state index in [0.717, 1.165) is 91.6 Å². The van der Waals surface area contributed by atoms with Crippen LogP contribution in [0.2, 0.25) is 0 Å². The zero-order valence-corrected chi connectivity index (χ0v) is 50.0. The van der Waals surface area contributed by atoms with Crippen molar-refractivity contribution in [3.8, 4) is 0 Å². The highest BCUT2D eigenvalue weighted by Crippen LogP contribution is 2.58. The number of hydrogen-bond acceptors (Lipinski definition) is 12. The van der Waals surface area contributed by atoms with Crippen LogP contribution >= 0.6 is 0 Å². The lowest BCUT2D eigenvalue weighted by atomic mass is 9.53. The van der Waals surface area contributed by atoms with Gasteiger partial charge in [-0.2, -0.15) is 0 Å². The van der Waals surface area contributed by atoms with Crippen molar-refractivity contribution in [1.82, 2.24) is 0 Å². The van der Waals surface area contributed by atoms with Crippen molar-refractivity contribution in [3.05, 3.63) is 0 Å². The first-order valence-corrected chi connectivity index (χ1v) is 33.1. The summed E-state index contributed by atoms with van der Waals surface area (Å²) in [4.78, 5) is 0. The minimum absolute atomic E-state index is 0.194. The summed E-state index contributed by atoms with van der Waals surface area (Å²) in [5.74, 6) is 6.45. The maximum Gasteiger partial charge on any atom is 0.104 e. The van der Waals surface area contributed by atoms with E-state index < -0.39 is 0 Å². The van der Waals surface area contributed by atoms with Crippen molar-refractivity contribution >= 4 is 0 Å². The van der Waals surface area contributed by atoms with Crippen molar-refractivity contribution in [1.29, 1.82) is 0 Å². The molecule has 0 bridgehead atoms. The summed E-state index contributed by atoms with van der Waals surface area (Å²) < 4.78 is 75.3. The molecule has 0 amide bonds. The van der Waals surface area contributed by atoms with Crippen LogP contribution in [0.1, 0.15) is 183 Å². The van der Waals surface area contributed by atoms with Crippen LogP contribution < -0.4 is 0 Å². The molecule has 0 aromatic heterocycles. The van der Waals surface area contributed by atoms with Crippen molar-refractivity contribution in [3.63, 3.8) is 0 Å². The second-order valence-corrected chi connectivity index (χ2v) is 30.4. The Kier molecular flexibility index (Phi) is 18.7. The van der Waals surface area contributed by atoms with Crippen LogP contribution in [0.4, 0.5) is 0 Å². The Morgan fingerprint density at radius 3 is 1.00 bits per heavy atom. The molecule has 0 N–H and O–H groups in total. The van der Waals surface area contributed by atoms with Crippen molar-refractivity contribution < 1.29 is 56.8 Å². The molecule has 0 radical (unpaired) electrons. The first-order valence-electron chi connectivity index (χ1n) is 33.1. The van der Waals surface area contributed by atoms with E-state index in [1.165, 1.54) is 128 Å². The van der Waals surface area contributed by atoms with Gasteiger partial charge in [0.1, 0.15) is 36.6 Å². The molecule has 12 nitrogen and oxygen atoms in total. The van der Waals surface area contributed by atoms with E-state index in [0.29, 0.717) is 95.8 Å². The summed E-state index contributed by atoms with van der Waals surface area (Å²) in [5, 5.41) is 0. The third kappa shape index (κ3) is 15.1. The molecule has 12 aliphatic rings. The highest BCUT2D eigenvalue weighted by Gasteiger charge is 2.53. The van der Waals surface area contributed by atoms with E-state index in [1.54, 1.807) is 0 Å². The Morgan fingerprint density at radius 2 is 0.603 bits per heavy atom. The van der Waals surface area contributed by atoms with E-state index in [4.69, 9.17) is 56.8 Å². The van der Waals surface area contributed by atoms with Gasteiger partial charge in [-0.05, 0) is 216 Å². The number of ether oxygens (including phenoxy) is 12. The lowest BCUT2D eigenvalue weighted by molar-refractivity contribution is -0.133. The fraction of sp³-hybridized carbons (Fsp3) is 1.00. The SMILES string of the molecule is CC1CC(C(C)(C)C2CCC(OCC3CO3)CC2)CC(CC2CC(C(C)(C)C3CCC(OCC4CO4)CC3)CC(CC3CC(C(C)(C)C4CCC(OCC5CO5)CC4)CCC3OCC3CO3)C2OCC2CO2)C1OCC1CO1. The molecule has 6 saturated carbocycles. The van der Waals surface area contributed by atoms with E-state index in [-0.39, 0.29) is 52.9 Å². The van der Waals surface area contributed by atoms with Crippen LogP contribution in [0.3, 0.4) is 0 Å². The number of rotatable bonds is 28. The molecule has 12 fully saturated rings. The van der Waals surface area contributed by atoms with Gasteiger partial charge >= 0.3 is 0 Å². The average molecular weight is 1100 g/mol. The van der Waals surface area contributed by atoms with Crippen molar-refractivity contribution in [2.24, 2.45) is 81.3 Å². The van der Waals surface area contributed by atoms with Gasteiger partial charge in [-0.3, -0.25) is 0 Å². The molecule has 17 atom stereocenters. The largest absolute Gasteiger partial charge is 0.375 e. The van der Waals surface area contributed by atoms with E-state index in [2.05, 4.69) is 48.5 Å². The summed E-state index contributed by atoms with van der Waals surface area (Å²) >= 11 is 0. The van der Waals surface area contributed by atoms with Crippen molar-refractivity contribution in [2.75, 3.05) is 79.3 Å². The summed E-state index contributed by atoms with van der Waals surface area (Å²) in [7, 11) is 0. The molecule has 6 aliphatic carbocycles. The van der Waals surface area contributed by atoms with Crippen LogP contribution in [0.5, 0.6) is 0 Å². The molecule has 6 aliphatic heterocycles. The molecular formula is C66H110O12. The Labute approximate surface area is 472 Å². The van der Waals surface area contributed by atoms with Gasteiger partial charge in [0.2, 0.25) is 0 Å². The van der Waals surface area contributed by atoms with Crippen LogP contribution in [-0.2, 0) is 56.8 Å². The van der Waals surface area contributed by atoms with Crippen LogP contribution in [0.25, 0.3) is 0 Å². The van der Waals surface area contributed by atoms with Crippen LogP contribution in [-0.4, -0.2) is 153 Å². The van der Waals surface area contributed by atoms with Gasteiger partial charge in [0.25, 0.3) is 0 Å². The molecule has 0 aromatic rings. The highest BCUT2D eigenvalue weighted by molar-refractivity contribution is 5.03. The standard InChI is InChI=1S/C66H110O12/c1-41-22-50(65(4,5)47-10-17-53(18-11-47)68-30-56-33-71-56)26-43(62(41)77-39-59-36-74-59)24-45-28-51(66(6,7)48-12-19-54(20-13-48)69-31-57-34-72-57)27-44(63(45)78-40-60-37-75-60)23-42-25-49(14-21-61(42)76-38-58-35-73-58)64(2,3)46-8-15-52(16-9-46)67-29-55-32-70-55/h41-63H,8-40H2,1-7H3. The van der Waals surface area contributed by atoms with Crippen LogP contribution in [0, 0.1) is 81.3 Å². The monoisotopic (exact) mass is 1090 g/mol. The summed E-state index contributed by atoms with van der Waals surface area (Å²) in [5.41, 5.74) is 0.717. The second kappa shape index (κ2) is 25.2. The fourth-order valence-electron chi connectivity index (χ4n) is 18.1. The minimum atomic E-state index is 0.194. The van der Waals surface area contributed by atoms with Gasteiger partial charge in [-0.15, -0.1) is 0 Å². The lowest BCUT2D eigenvalue weighted by Crippen LogP contribution is -2.50. The summed E-state index contributed by atoms with van der Waals surface area (Å²) in [6.45, 7) is 28.2. The Morgan fingerprint density at radius 1 is 0.308 bits per heavy atom. The number of epoxide rings is 6. The predicted molar refractivity (Wildman–Crippen MR) is 299 cm³/mol. The summed E-state index contributed by atoms with van der Waals surface area (Å²) in [6, 6.07) is 0. The average Bonchev–Trinajstić information content (AvgIpc) is 4.26. The quantitative estimate of drug-likeness (QED) is 0.0691. The molecule has 12 rings (SSSR count). The predicted octanol–water partition coefficient (Wildman–Crippen LogP) is 11.8. The summed E-state index contributed by atoms with van der Waals surface area (Å²) in [6.07, 6.45) is 29.3. The molecular weight excluding hydrogens is 985 g/mol. The zero-order valence-electron chi connectivity index (χ0n) is 50.0. The molecule has 0 spiro atoms. The molecule has 78 heavy (non-hydrogen) atoms. The maximum atomic E-state index is 7.56. The molecule has 0 aromatic carbocycles. The van der Waals surface area contributed by atoms with Gasteiger partial charge in [0.05, 0.1) is 116 Å². The van der Waals surface area contributed by atoms with Crippen molar-refractivity contribution in [2.45, 2.75) is 257 Å².